The van der Waals surface area contributed by atoms with Crippen LogP contribution >= 0.6 is 0 Å². The Morgan fingerprint density at radius 3 is 2.77 bits per heavy atom. The van der Waals surface area contributed by atoms with E-state index in [0.29, 0.717) is 18.8 Å². The Bertz CT molecular complexity index is 1240. The van der Waals surface area contributed by atoms with Crippen molar-refractivity contribution in [3.05, 3.63) is 53.4 Å². The highest BCUT2D eigenvalue weighted by molar-refractivity contribution is 7.92. The van der Waals surface area contributed by atoms with Crippen LogP contribution in [-0.2, 0) is 10.0 Å². The number of hydrogen-bond acceptors (Lipinski definition) is 6. The summed E-state index contributed by atoms with van der Waals surface area (Å²) >= 11 is 0. The van der Waals surface area contributed by atoms with Crippen LogP contribution in [0.15, 0.2) is 41.3 Å². The van der Waals surface area contributed by atoms with Crippen LogP contribution < -0.4 is 14.4 Å². The first-order chi connectivity index (χ1) is 16.7. The van der Waals surface area contributed by atoms with E-state index in [1.54, 1.807) is 18.2 Å². The summed E-state index contributed by atoms with van der Waals surface area (Å²) in [6, 6.07) is 6.72. The zero-order chi connectivity index (χ0) is 25.2. The molecular formula is C25H30FN3O5S. The van der Waals surface area contributed by atoms with Crippen molar-refractivity contribution >= 4 is 33.4 Å². The lowest BCUT2D eigenvalue weighted by Crippen LogP contribution is -2.38. The summed E-state index contributed by atoms with van der Waals surface area (Å²) in [6.07, 6.45) is 5.30. The predicted octanol–water partition coefficient (Wildman–Crippen LogP) is 4.04. The summed E-state index contributed by atoms with van der Waals surface area (Å²) in [6.45, 7) is 7.42. The van der Waals surface area contributed by atoms with Gasteiger partial charge in [0.2, 0.25) is 0 Å². The number of nitrogens with zero attached hydrogens (tertiary/aromatic N) is 2. The Labute approximate surface area is 205 Å². The molecule has 2 N–H and O–H groups in total. The minimum absolute atomic E-state index is 0.101. The van der Waals surface area contributed by atoms with E-state index >= 15 is 0 Å². The van der Waals surface area contributed by atoms with Gasteiger partial charge < -0.3 is 19.6 Å². The second-order valence-corrected chi connectivity index (χ2v) is 10.3. The third kappa shape index (κ3) is 5.13. The summed E-state index contributed by atoms with van der Waals surface area (Å²) in [4.78, 5) is 16.3. The van der Waals surface area contributed by atoms with Crippen LogP contribution in [-0.4, -0.2) is 63.2 Å². The lowest BCUT2D eigenvalue weighted by atomic mass is 10.1. The van der Waals surface area contributed by atoms with E-state index in [0.717, 1.165) is 44.6 Å². The molecule has 2 aromatic carbocycles. The molecule has 1 fully saturated rings. The fraction of sp³-hybridized carbons (Fsp3) is 0.400. The molecule has 35 heavy (non-hydrogen) atoms. The highest BCUT2D eigenvalue weighted by atomic mass is 32.2. The van der Waals surface area contributed by atoms with Gasteiger partial charge in [0.15, 0.2) is 5.75 Å². The first-order valence-corrected chi connectivity index (χ1v) is 13.2. The van der Waals surface area contributed by atoms with E-state index in [9.17, 15) is 22.7 Å². The van der Waals surface area contributed by atoms with E-state index in [1.807, 2.05) is 13.8 Å². The highest BCUT2D eigenvalue weighted by Crippen LogP contribution is 2.43. The van der Waals surface area contributed by atoms with Crippen LogP contribution in [0.3, 0.4) is 0 Å². The molecule has 0 unspecified atom stereocenters. The van der Waals surface area contributed by atoms with Gasteiger partial charge in [-0.1, -0.05) is 26.0 Å². The van der Waals surface area contributed by atoms with Crippen molar-refractivity contribution in [2.45, 2.75) is 37.6 Å². The number of carboxylic acids is 1. The fourth-order valence-electron chi connectivity index (χ4n) is 4.65. The Balaban J connectivity index is 1.68. The van der Waals surface area contributed by atoms with Crippen LogP contribution in [0.1, 0.15) is 42.6 Å². The third-order valence-electron chi connectivity index (χ3n) is 6.52. The van der Waals surface area contributed by atoms with Crippen LogP contribution in [0.4, 0.5) is 15.8 Å². The number of likely N-dealkylation sites (N-methyl/N-ethyl adjacent to an activating group) is 1. The monoisotopic (exact) mass is 503 g/mol. The van der Waals surface area contributed by atoms with Crippen LogP contribution in [0.5, 0.6) is 5.75 Å². The van der Waals surface area contributed by atoms with Gasteiger partial charge >= 0.3 is 5.97 Å². The van der Waals surface area contributed by atoms with Crippen molar-refractivity contribution in [2.75, 3.05) is 42.4 Å². The molecule has 0 saturated carbocycles. The van der Waals surface area contributed by atoms with Crippen LogP contribution in [0.25, 0.3) is 6.08 Å². The summed E-state index contributed by atoms with van der Waals surface area (Å²) in [5.41, 5.74) is 0.491. The molecule has 0 aromatic heterocycles. The zero-order valence-corrected chi connectivity index (χ0v) is 20.6. The summed E-state index contributed by atoms with van der Waals surface area (Å²) in [7, 11) is -4.24. The number of nitrogens with one attached hydrogen (secondary N) is 1. The Morgan fingerprint density at radius 1 is 1.29 bits per heavy atom. The average Bonchev–Trinajstić information content (AvgIpc) is 3.30. The number of sulfonamides is 1. The Kier molecular flexibility index (Phi) is 7.32. The van der Waals surface area contributed by atoms with Crippen molar-refractivity contribution < 1.29 is 27.4 Å². The standard InChI is InChI=1S/C25H30FN3O5S/c1-3-28(4-2)13-5-7-17-15-18(26)9-12-22(17)35(32,33)27-20-10-11-21-24(23(20)25(30)31)34-16-19-8-6-14-29(19)21/h5,7,9-12,15,19,27H,3-4,6,8,13-14,16H2,1-2H3,(H,30,31)/b7-5-/t19-/m1/s1. The number of ether oxygens (including phenoxy) is 1. The van der Waals surface area contributed by atoms with Gasteiger partial charge in [0.05, 0.1) is 22.3 Å². The molecule has 2 aromatic rings. The molecule has 0 bridgehead atoms. The molecular weight excluding hydrogens is 473 g/mol. The smallest absolute Gasteiger partial charge is 0.341 e. The predicted molar refractivity (Wildman–Crippen MR) is 133 cm³/mol. The minimum atomic E-state index is -4.24. The maximum Gasteiger partial charge on any atom is 0.341 e. The molecule has 2 aliphatic rings. The number of carboxylic acid groups (broad SMARTS) is 1. The van der Waals surface area contributed by atoms with E-state index in [1.165, 1.54) is 12.1 Å². The van der Waals surface area contributed by atoms with Gasteiger partial charge in [-0.15, -0.1) is 0 Å². The van der Waals surface area contributed by atoms with Gasteiger partial charge in [0.1, 0.15) is 18.0 Å². The van der Waals surface area contributed by atoms with Crippen molar-refractivity contribution in [3.63, 3.8) is 0 Å². The maximum atomic E-state index is 14.0. The number of aromatic carboxylic acids is 1. The van der Waals surface area contributed by atoms with Crippen LogP contribution in [0.2, 0.25) is 0 Å². The first-order valence-electron chi connectivity index (χ1n) is 11.8. The molecule has 0 aliphatic carbocycles. The average molecular weight is 504 g/mol. The number of anilines is 2. The van der Waals surface area contributed by atoms with Gasteiger partial charge in [0.25, 0.3) is 10.0 Å². The minimum Gasteiger partial charge on any atom is -0.488 e. The number of halogens is 1. The molecule has 0 radical (unpaired) electrons. The molecule has 10 heteroatoms. The van der Waals surface area contributed by atoms with Crippen molar-refractivity contribution in [1.29, 1.82) is 0 Å². The van der Waals surface area contributed by atoms with E-state index in [4.69, 9.17) is 4.74 Å². The number of hydrogen-bond donors (Lipinski definition) is 2. The normalized spacial score (nSPS) is 17.4. The quantitative estimate of drug-likeness (QED) is 0.533. The number of benzene rings is 2. The zero-order valence-electron chi connectivity index (χ0n) is 19.8. The van der Waals surface area contributed by atoms with Crippen LogP contribution in [0, 0.1) is 5.82 Å². The molecule has 8 nitrogen and oxygen atoms in total. The molecule has 2 heterocycles. The summed E-state index contributed by atoms with van der Waals surface area (Å²) in [5, 5.41) is 9.94. The maximum absolute atomic E-state index is 14.0. The Morgan fingerprint density at radius 2 is 2.06 bits per heavy atom. The lowest BCUT2D eigenvalue weighted by Gasteiger charge is -2.34. The molecule has 188 valence electrons. The van der Waals surface area contributed by atoms with Gasteiger partial charge in [-0.25, -0.2) is 17.6 Å². The lowest BCUT2D eigenvalue weighted by molar-refractivity contribution is 0.0692. The fourth-order valence-corrected chi connectivity index (χ4v) is 5.91. The highest BCUT2D eigenvalue weighted by Gasteiger charge is 2.35. The van der Waals surface area contributed by atoms with E-state index < -0.39 is 21.8 Å². The van der Waals surface area contributed by atoms with Crippen molar-refractivity contribution in [3.8, 4) is 5.75 Å². The summed E-state index contributed by atoms with van der Waals surface area (Å²) < 4.78 is 48.9. The molecule has 1 saturated heterocycles. The van der Waals surface area contributed by atoms with Gasteiger partial charge in [-0.2, -0.15) is 0 Å². The SMILES string of the molecule is CCN(CC)C/C=C\c1cc(F)ccc1S(=O)(=O)Nc1ccc2c(c1C(=O)O)OC[C@H]1CCCN21. The topological polar surface area (TPSA) is 99.2 Å². The second kappa shape index (κ2) is 10.2. The third-order valence-corrected chi connectivity index (χ3v) is 7.96. The largest absolute Gasteiger partial charge is 0.488 e. The molecule has 2 aliphatic heterocycles. The second-order valence-electron chi connectivity index (χ2n) is 8.62. The van der Waals surface area contributed by atoms with Gasteiger partial charge in [-0.3, -0.25) is 4.72 Å². The van der Waals surface area contributed by atoms with Gasteiger partial charge in [-0.05, 0) is 61.8 Å². The van der Waals surface area contributed by atoms with Gasteiger partial charge in [0, 0.05) is 13.1 Å². The summed E-state index contributed by atoms with van der Waals surface area (Å²) in [5.74, 6) is -1.70. The van der Waals surface area contributed by atoms with E-state index in [2.05, 4.69) is 14.5 Å². The molecule has 4 rings (SSSR count). The number of fused-ring (bicyclic) bond motifs is 3. The first kappa shape index (κ1) is 25.0. The molecule has 0 spiro atoms. The molecule has 1 atom stereocenters. The van der Waals surface area contributed by atoms with Crippen molar-refractivity contribution in [1.82, 2.24) is 4.90 Å². The molecule has 0 amide bonds. The number of carbonyl (C=O) groups is 1. The number of rotatable bonds is 9. The Hall–Kier alpha value is -3.11. The van der Waals surface area contributed by atoms with Crippen molar-refractivity contribution in [2.24, 2.45) is 0 Å². The van der Waals surface area contributed by atoms with E-state index in [-0.39, 0.29) is 33.5 Å².